The van der Waals surface area contributed by atoms with Crippen LogP contribution in [0.15, 0.2) is 71.8 Å². The fraction of sp³-hybridized carbons (Fsp3) is 0. The van der Waals surface area contributed by atoms with Gasteiger partial charge in [0, 0.05) is 10.0 Å². The SMILES string of the molecule is O=C(Oc1ccc(/C=N/NC(=O)c2ccc(Cl)cc2Cl)cc1)c1cccc(Cl)c1. The normalized spacial score (nSPS) is 10.7. The molecular formula is C21H13Cl3N2O3. The van der Waals surface area contributed by atoms with Gasteiger partial charge >= 0.3 is 5.97 Å². The van der Waals surface area contributed by atoms with E-state index in [-0.39, 0.29) is 10.6 Å². The van der Waals surface area contributed by atoms with Crippen molar-refractivity contribution in [2.45, 2.75) is 0 Å². The van der Waals surface area contributed by atoms with Crippen LogP contribution >= 0.6 is 34.8 Å². The zero-order chi connectivity index (χ0) is 20.8. The van der Waals surface area contributed by atoms with Gasteiger partial charge in [-0.25, -0.2) is 10.2 Å². The van der Waals surface area contributed by atoms with Crippen LogP contribution in [0, 0.1) is 0 Å². The average Bonchev–Trinajstić information content (AvgIpc) is 2.69. The number of benzene rings is 3. The van der Waals surface area contributed by atoms with Crippen molar-refractivity contribution in [3.8, 4) is 5.75 Å². The van der Waals surface area contributed by atoms with Crippen molar-refractivity contribution in [2.75, 3.05) is 0 Å². The molecule has 0 aromatic heterocycles. The van der Waals surface area contributed by atoms with Gasteiger partial charge in [-0.1, -0.05) is 40.9 Å². The summed E-state index contributed by atoms with van der Waals surface area (Å²) in [6, 6.07) is 17.6. The molecule has 3 aromatic rings. The van der Waals surface area contributed by atoms with Crippen LogP contribution in [0.2, 0.25) is 15.1 Å². The maximum absolute atomic E-state index is 12.1. The van der Waals surface area contributed by atoms with E-state index in [4.69, 9.17) is 39.5 Å². The topological polar surface area (TPSA) is 67.8 Å². The Morgan fingerprint density at radius 1 is 0.897 bits per heavy atom. The van der Waals surface area contributed by atoms with Gasteiger partial charge in [-0.05, 0) is 66.2 Å². The van der Waals surface area contributed by atoms with Crippen LogP contribution in [0.4, 0.5) is 0 Å². The molecule has 0 spiro atoms. The van der Waals surface area contributed by atoms with E-state index >= 15 is 0 Å². The Balaban J connectivity index is 1.58. The van der Waals surface area contributed by atoms with Gasteiger partial charge in [-0.2, -0.15) is 5.10 Å². The molecule has 3 aromatic carbocycles. The van der Waals surface area contributed by atoms with Gasteiger partial charge in [0.1, 0.15) is 5.75 Å². The van der Waals surface area contributed by atoms with Gasteiger partial charge in [0.2, 0.25) is 0 Å². The highest BCUT2D eigenvalue weighted by Gasteiger charge is 2.10. The first-order valence-corrected chi connectivity index (χ1v) is 9.42. The summed E-state index contributed by atoms with van der Waals surface area (Å²) in [7, 11) is 0. The van der Waals surface area contributed by atoms with Crippen molar-refractivity contribution in [1.29, 1.82) is 0 Å². The third kappa shape index (κ3) is 5.81. The summed E-state index contributed by atoms with van der Waals surface area (Å²) in [4.78, 5) is 24.2. The van der Waals surface area contributed by atoms with Crippen molar-refractivity contribution < 1.29 is 14.3 Å². The van der Waals surface area contributed by atoms with E-state index in [1.54, 1.807) is 48.5 Å². The second-order valence-corrected chi connectivity index (χ2v) is 7.07. The second-order valence-electron chi connectivity index (χ2n) is 5.79. The van der Waals surface area contributed by atoms with Crippen LogP contribution in [0.5, 0.6) is 5.75 Å². The molecule has 0 unspecified atom stereocenters. The zero-order valence-corrected chi connectivity index (χ0v) is 17.0. The zero-order valence-electron chi connectivity index (χ0n) is 14.7. The highest BCUT2D eigenvalue weighted by atomic mass is 35.5. The molecule has 8 heteroatoms. The molecule has 0 aliphatic rings. The smallest absolute Gasteiger partial charge is 0.343 e. The van der Waals surface area contributed by atoms with Crippen molar-refractivity contribution in [3.05, 3.63) is 98.5 Å². The van der Waals surface area contributed by atoms with Crippen LogP contribution in [-0.2, 0) is 0 Å². The molecule has 0 saturated heterocycles. The minimum absolute atomic E-state index is 0.232. The van der Waals surface area contributed by atoms with Crippen LogP contribution in [0.3, 0.4) is 0 Å². The molecule has 3 rings (SSSR count). The Bertz CT molecular complexity index is 1080. The number of rotatable bonds is 5. The quantitative estimate of drug-likeness (QED) is 0.238. The number of hydrazone groups is 1. The summed E-state index contributed by atoms with van der Waals surface area (Å²) in [5.74, 6) is -0.611. The molecule has 0 saturated carbocycles. The number of carbonyl (C=O) groups is 2. The number of hydrogen-bond donors (Lipinski definition) is 1. The maximum atomic E-state index is 12.1. The van der Waals surface area contributed by atoms with E-state index in [1.807, 2.05) is 0 Å². The van der Waals surface area contributed by atoms with Crippen molar-refractivity contribution in [1.82, 2.24) is 5.43 Å². The van der Waals surface area contributed by atoms with Gasteiger partial charge in [0.05, 0.1) is 22.4 Å². The molecule has 0 fully saturated rings. The molecule has 0 heterocycles. The highest BCUT2D eigenvalue weighted by molar-refractivity contribution is 6.36. The third-order valence-corrected chi connectivity index (χ3v) is 4.49. The number of amides is 1. The number of halogens is 3. The minimum Gasteiger partial charge on any atom is -0.423 e. The van der Waals surface area contributed by atoms with E-state index in [1.165, 1.54) is 24.4 Å². The molecule has 0 bridgehead atoms. The molecule has 1 N–H and O–H groups in total. The standard InChI is InChI=1S/C21H13Cl3N2O3/c22-15-3-1-2-14(10-15)21(28)29-17-7-4-13(5-8-17)12-25-26-20(27)18-9-6-16(23)11-19(18)24/h1-12H,(H,26,27)/b25-12+. The Hall–Kier alpha value is -2.86. The van der Waals surface area contributed by atoms with Crippen molar-refractivity contribution in [3.63, 3.8) is 0 Å². The van der Waals surface area contributed by atoms with Gasteiger partial charge in [-0.15, -0.1) is 0 Å². The van der Waals surface area contributed by atoms with Gasteiger partial charge < -0.3 is 4.74 Å². The summed E-state index contributed by atoms with van der Waals surface area (Å²) < 4.78 is 5.30. The van der Waals surface area contributed by atoms with Crippen LogP contribution in [0.1, 0.15) is 26.3 Å². The number of nitrogens with one attached hydrogen (secondary N) is 1. The molecular weight excluding hydrogens is 435 g/mol. The lowest BCUT2D eigenvalue weighted by atomic mass is 10.2. The predicted octanol–water partition coefficient (Wildman–Crippen LogP) is 5.63. The lowest BCUT2D eigenvalue weighted by Gasteiger charge is -2.05. The summed E-state index contributed by atoms with van der Waals surface area (Å²) in [5.41, 5.74) is 3.69. The van der Waals surface area contributed by atoms with Gasteiger partial charge in [-0.3, -0.25) is 4.79 Å². The largest absolute Gasteiger partial charge is 0.423 e. The monoisotopic (exact) mass is 446 g/mol. The molecule has 0 radical (unpaired) electrons. The first-order chi connectivity index (χ1) is 13.9. The van der Waals surface area contributed by atoms with E-state index in [0.29, 0.717) is 26.9 Å². The first kappa shape index (κ1) is 20.9. The van der Waals surface area contributed by atoms with E-state index in [0.717, 1.165) is 0 Å². The molecule has 5 nitrogen and oxygen atoms in total. The number of carbonyl (C=O) groups excluding carboxylic acids is 2. The van der Waals surface area contributed by atoms with E-state index in [2.05, 4.69) is 10.5 Å². The first-order valence-electron chi connectivity index (χ1n) is 8.28. The lowest BCUT2D eigenvalue weighted by molar-refractivity contribution is 0.0734. The Labute approximate surface area is 181 Å². The van der Waals surface area contributed by atoms with Crippen molar-refractivity contribution >= 4 is 52.9 Å². The Kier molecular flexibility index (Phi) is 6.88. The predicted molar refractivity (Wildman–Crippen MR) is 114 cm³/mol. The second kappa shape index (κ2) is 9.56. The number of esters is 1. The Morgan fingerprint density at radius 2 is 1.62 bits per heavy atom. The molecule has 1 amide bonds. The van der Waals surface area contributed by atoms with E-state index in [9.17, 15) is 9.59 Å². The molecule has 0 atom stereocenters. The summed E-state index contributed by atoms with van der Waals surface area (Å²) in [5, 5.41) is 5.01. The minimum atomic E-state index is -0.513. The summed E-state index contributed by atoms with van der Waals surface area (Å²) in [6.07, 6.45) is 1.45. The summed E-state index contributed by atoms with van der Waals surface area (Å²) in [6.45, 7) is 0. The fourth-order valence-corrected chi connectivity index (χ4v) is 2.99. The highest BCUT2D eigenvalue weighted by Crippen LogP contribution is 2.21. The molecule has 0 aliphatic heterocycles. The van der Waals surface area contributed by atoms with Gasteiger partial charge in [0.15, 0.2) is 0 Å². The van der Waals surface area contributed by atoms with Crippen LogP contribution < -0.4 is 10.2 Å². The summed E-state index contributed by atoms with van der Waals surface area (Å²) >= 11 is 17.7. The van der Waals surface area contributed by atoms with Crippen LogP contribution in [0.25, 0.3) is 0 Å². The molecule has 29 heavy (non-hydrogen) atoms. The van der Waals surface area contributed by atoms with Crippen LogP contribution in [-0.4, -0.2) is 18.1 Å². The Morgan fingerprint density at radius 3 is 2.31 bits per heavy atom. The third-order valence-electron chi connectivity index (χ3n) is 3.71. The van der Waals surface area contributed by atoms with Crippen molar-refractivity contribution in [2.24, 2.45) is 5.10 Å². The molecule has 146 valence electrons. The molecule has 0 aliphatic carbocycles. The number of ether oxygens (including phenoxy) is 1. The average molecular weight is 448 g/mol. The van der Waals surface area contributed by atoms with E-state index < -0.39 is 11.9 Å². The lowest BCUT2D eigenvalue weighted by Crippen LogP contribution is -2.18. The number of hydrogen-bond acceptors (Lipinski definition) is 4. The number of nitrogens with zero attached hydrogens (tertiary/aromatic N) is 1. The fourth-order valence-electron chi connectivity index (χ4n) is 2.30. The van der Waals surface area contributed by atoms with Gasteiger partial charge in [0.25, 0.3) is 5.91 Å². The maximum Gasteiger partial charge on any atom is 0.343 e.